The van der Waals surface area contributed by atoms with Crippen LogP contribution in [-0.2, 0) is 5.41 Å². The van der Waals surface area contributed by atoms with Crippen molar-refractivity contribution in [1.82, 2.24) is 4.90 Å². The maximum Gasteiger partial charge on any atom is 0.282 e. The first-order chi connectivity index (χ1) is 26.2. The van der Waals surface area contributed by atoms with Crippen molar-refractivity contribution >= 4 is 35.1 Å². The predicted octanol–water partition coefficient (Wildman–Crippen LogP) is 12.0. The van der Waals surface area contributed by atoms with Crippen LogP contribution in [0.25, 0.3) is 16.3 Å². The Kier molecular flexibility index (Phi) is 11.9. The van der Waals surface area contributed by atoms with Crippen LogP contribution >= 0.6 is 0 Å². The molecule has 0 saturated heterocycles. The summed E-state index contributed by atoms with van der Waals surface area (Å²) in [4.78, 5) is 8.32. The number of hydrogen-bond donors (Lipinski definition) is 0. The fourth-order valence-corrected chi connectivity index (χ4v) is 9.54. The average molecular weight is 723 g/mol. The molecule has 54 heavy (non-hydrogen) atoms. The molecule has 2 aliphatic heterocycles. The van der Waals surface area contributed by atoms with Gasteiger partial charge in [0.2, 0.25) is 12.2 Å². The van der Waals surface area contributed by atoms with Crippen LogP contribution in [0.3, 0.4) is 0 Å². The zero-order valence-corrected chi connectivity index (χ0v) is 34.2. The van der Waals surface area contributed by atoms with Gasteiger partial charge >= 0.3 is 0 Å². The number of benzene rings is 3. The molecule has 0 amide bonds. The second kappa shape index (κ2) is 16.8. The van der Waals surface area contributed by atoms with Gasteiger partial charge in [-0.25, -0.2) is 9.15 Å². The zero-order chi connectivity index (χ0) is 37.8. The molecule has 3 aromatic rings. The first-order valence-corrected chi connectivity index (χ1v) is 21.4. The van der Waals surface area contributed by atoms with E-state index in [-0.39, 0.29) is 23.7 Å². The van der Waals surface area contributed by atoms with Crippen LogP contribution in [0.1, 0.15) is 147 Å². The summed E-state index contributed by atoms with van der Waals surface area (Å²) in [5, 5.41) is 2.66. The summed E-state index contributed by atoms with van der Waals surface area (Å²) in [7, 11) is 0. The summed E-state index contributed by atoms with van der Waals surface area (Å²) in [6.07, 6.45) is 29.1. The maximum atomic E-state index is 5.52. The highest BCUT2D eigenvalue weighted by atomic mass is 15.4. The highest BCUT2D eigenvalue weighted by Crippen LogP contribution is 2.42. The molecule has 4 aliphatic rings. The normalized spacial score (nSPS) is 22.4. The van der Waals surface area contributed by atoms with Gasteiger partial charge in [0.05, 0.1) is 5.57 Å². The molecular formula is C50H66N4+2. The molecule has 0 aromatic heterocycles. The van der Waals surface area contributed by atoms with Gasteiger partial charge < -0.3 is 4.90 Å². The van der Waals surface area contributed by atoms with E-state index in [1.165, 1.54) is 108 Å². The van der Waals surface area contributed by atoms with Gasteiger partial charge in [-0.05, 0) is 65.3 Å². The SMILES string of the molecule is C=C/C(=C/C[C@@H](/N=C\[N+]1=Cc2c(ccc3cc(C(C)(C)C)ccc23)C2C1N(C1CCCCC1)C=C(c1ccccc1)C=[N+]2C1CCCCC1)C(C)C)CC. The largest absolute Gasteiger partial charge is 0.330 e. The highest BCUT2D eigenvalue weighted by Gasteiger charge is 2.50. The molecule has 2 fully saturated rings. The van der Waals surface area contributed by atoms with Gasteiger partial charge in [0.25, 0.3) is 6.34 Å². The fourth-order valence-electron chi connectivity index (χ4n) is 9.54. The Morgan fingerprint density at radius 2 is 1.63 bits per heavy atom. The molecule has 7 rings (SSSR count). The Morgan fingerprint density at radius 1 is 0.907 bits per heavy atom. The quantitative estimate of drug-likeness (QED) is 0.0884. The molecule has 0 bridgehead atoms. The van der Waals surface area contributed by atoms with Crippen LogP contribution < -0.4 is 0 Å². The minimum absolute atomic E-state index is 0.0813. The number of hydrogen-bond acceptors (Lipinski definition) is 2. The molecule has 2 aliphatic carbocycles. The minimum atomic E-state index is 0.0813. The van der Waals surface area contributed by atoms with Gasteiger partial charge in [0, 0.05) is 42.6 Å². The van der Waals surface area contributed by atoms with E-state index in [4.69, 9.17) is 4.99 Å². The molecule has 2 heterocycles. The molecule has 4 nitrogen and oxygen atoms in total. The van der Waals surface area contributed by atoms with Gasteiger partial charge in [0.15, 0.2) is 12.3 Å². The summed E-state index contributed by atoms with van der Waals surface area (Å²) in [6, 6.07) is 24.6. The van der Waals surface area contributed by atoms with Gasteiger partial charge in [0.1, 0.15) is 12.3 Å². The van der Waals surface area contributed by atoms with Crippen molar-refractivity contribution in [2.75, 3.05) is 0 Å². The zero-order valence-electron chi connectivity index (χ0n) is 34.2. The highest BCUT2D eigenvalue weighted by molar-refractivity contribution is 6.08. The molecule has 4 heteroatoms. The maximum absolute atomic E-state index is 5.52. The molecule has 3 aromatic carbocycles. The smallest absolute Gasteiger partial charge is 0.282 e. The number of fused-ring (bicyclic) bond motifs is 5. The van der Waals surface area contributed by atoms with Crippen molar-refractivity contribution < 1.29 is 9.15 Å². The first kappa shape index (κ1) is 38.2. The second-order valence-corrected chi connectivity index (χ2v) is 17.9. The monoisotopic (exact) mass is 723 g/mol. The summed E-state index contributed by atoms with van der Waals surface area (Å²) >= 11 is 0. The lowest BCUT2D eigenvalue weighted by Crippen LogP contribution is -2.55. The molecule has 2 unspecified atom stereocenters. The van der Waals surface area contributed by atoms with E-state index in [9.17, 15) is 0 Å². The fraction of sp³-hybridized carbons (Fsp3) is 0.500. The number of aliphatic imine (C=N–C) groups is 1. The van der Waals surface area contributed by atoms with Crippen molar-refractivity contribution in [3.05, 3.63) is 113 Å². The Labute approximate surface area is 326 Å². The number of allylic oxidation sites excluding steroid dienone is 3. The second-order valence-electron chi connectivity index (χ2n) is 17.9. The molecule has 0 radical (unpaired) electrons. The van der Waals surface area contributed by atoms with E-state index in [0.29, 0.717) is 18.0 Å². The molecular weight excluding hydrogens is 657 g/mol. The van der Waals surface area contributed by atoms with Crippen molar-refractivity contribution in [3.8, 4) is 0 Å². The van der Waals surface area contributed by atoms with E-state index in [1.54, 1.807) is 0 Å². The van der Waals surface area contributed by atoms with Gasteiger partial charge in [-0.1, -0.05) is 157 Å². The van der Waals surface area contributed by atoms with E-state index < -0.39 is 0 Å². The van der Waals surface area contributed by atoms with E-state index in [2.05, 4.69) is 154 Å². The molecule has 0 N–H and O–H groups in total. The summed E-state index contributed by atoms with van der Waals surface area (Å²) in [6.45, 7) is 17.9. The molecule has 3 atom stereocenters. The third-order valence-electron chi connectivity index (χ3n) is 12.9. The van der Waals surface area contributed by atoms with E-state index in [1.807, 2.05) is 6.08 Å². The van der Waals surface area contributed by atoms with Crippen LogP contribution in [0.5, 0.6) is 0 Å². The summed E-state index contributed by atoms with van der Waals surface area (Å²) < 4.78 is 5.40. The van der Waals surface area contributed by atoms with Crippen LogP contribution in [0.2, 0.25) is 0 Å². The summed E-state index contributed by atoms with van der Waals surface area (Å²) in [5.74, 6) is 0.421. The minimum Gasteiger partial charge on any atom is -0.330 e. The topological polar surface area (TPSA) is 21.6 Å². The van der Waals surface area contributed by atoms with Gasteiger partial charge in [-0.3, -0.25) is 0 Å². The Balaban J connectivity index is 1.47. The molecule has 2 saturated carbocycles. The van der Waals surface area contributed by atoms with Gasteiger partial charge in [-0.2, -0.15) is 0 Å². The predicted molar refractivity (Wildman–Crippen MR) is 231 cm³/mol. The molecule has 284 valence electrons. The van der Waals surface area contributed by atoms with E-state index >= 15 is 0 Å². The van der Waals surface area contributed by atoms with Crippen molar-refractivity contribution in [3.63, 3.8) is 0 Å². The first-order valence-electron chi connectivity index (χ1n) is 21.4. The van der Waals surface area contributed by atoms with Crippen LogP contribution in [0.4, 0.5) is 0 Å². The van der Waals surface area contributed by atoms with Crippen molar-refractivity contribution in [1.29, 1.82) is 0 Å². The third kappa shape index (κ3) is 8.14. The Hall–Kier alpha value is -4.05. The molecule has 0 spiro atoms. The standard InChI is InChI=1S/C50H66N4/c1-8-37(9-2)25-30-47(36(3)4)51-35-52-34-46-44-29-27-41(50(5,6)7)31-39(44)26-28-45(46)48-49(52)54(43-23-17-12-18-24-43)33-40(38-19-13-10-14-20-38)32-53(48)42-21-15-11-16-22-42/h8,10,13-14,19-20,25-29,31-36,42-43,47-49H,1,9,11-12,15-18,21-24,30H2,2-7H3/q+2/b37-25-,51-35-/t47-,48?,49?/m1/s1. The van der Waals surface area contributed by atoms with Crippen molar-refractivity contribution in [2.24, 2.45) is 10.9 Å². The van der Waals surface area contributed by atoms with E-state index in [0.717, 1.165) is 12.8 Å². The summed E-state index contributed by atoms with van der Waals surface area (Å²) in [5.41, 5.74) is 8.21. The van der Waals surface area contributed by atoms with Crippen molar-refractivity contribution in [2.45, 2.75) is 154 Å². The number of rotatable bonds is 10. The Morgan fingerprint density at radius 3 is 2.30 bits per heavy atom. The van der Waals surface area contributed by atoms with Crippen LogP contribution in [-0.4, -0.2) is 57.1 Å². The third-order valence-corrected chi connectivity index (χ3v) is 12.9. The van der Waals surface area contributed by atoms with Gasteiger partial charge in [-0.15, -0.1) is 0 Å². The lowest BCUT2D eigenvalue weighted by Gasteiger charge is -2.41. The Bertz CT molecular complexity index is 1940. The average Bonchev–Trinajstić information content (AvgIpc) is 3.38. The van der Waals surface area contributed by atoms with Crippen LogP contribution in [0.15, 0.2) is 96.2 Å². The lowest BCUT2D eigenvalue weighted by molar-refractivity contribution is -0.659. The van der Waals surface area contributed by atoms with Crippen LogP contribution in [0, 0.1) is 5.92 Å². The lowest BCUT2D eigenvalue weighted by atomic mass is 9.83. The number of nitrogens with zero attached hydrogens (tertiary/aromatic N) is 4.